The number of hydrogen-bond acceptors (Lipinski definition) is 0. The summed E-state index contributed by atoms with van der Waals surface area (Å²) in [5, 5.41) is 1.65. The molecule has 1 aromatic heterocycles. The van der Waals surface area contributed by atoms with E-state index in [4.69, 9.17) is 0 Å². The Morgan fingerprint density at radius 1 is 0.955 bits per heavy atom. The highest BCUT2D eigenvalue weighted by molar-refractivity contribution is 6.91. The van der Waals surface area contributed by atoms with Crippen molar-refractivity contribution in [2.75, 3.05) is 0 Å². The minimum Gasteiger partial charge on any atom is -0.288 e. The van der Waals surface area contributed by atoms with Gasteiger partial charge >= 0.3 is 0 Å². The maximum atomic E-state index is 2.58. The van der Waals surface area contributed by atoms with Gasteiger partial charge in [0.1, 0.15) is 13.8 Å². The Kier molecular flexibility index (Phi) is 4.34. The molecule has 116 valence electrons. The molecule has 3 heteroatoms. The Hall–Kier alpha value is -1.61. The van der Waals surface area contributed by atoms with Crippen molar-refractivity contribution in [3.05, 3.63) is 53.7 Å². The van der Waals surface area contributed by atoms with Crippen molar-refractivity contribution in [3.8, 4) is 0 Å². The lowest BCUT2D eigenvalue weighted by Gasteiger charge is -2.28. The summed E-state index contributed by atoms with van der Waals surface area (Å²) in [6.07, 6.45) is 2.33. The van der Waals surface area contributed by atoms with E-state index in [1.165, 1.54) is 29.4 Å². The Balaban J connectivity index is 1.84. The summed E-state index contributed by atoms with van der Waals surface area (Å²) < 4.78 is 5.01. The smallest absolute Gasteiger partial charge is 0.222 e. The molecule has 0 bridgehead atoms. The number of nitrogens with zero attached hydrogens (tertiary/aromatic N) is 2. The summed E-state index contributed by atoms with van der Waals surface area (Å²) in [7, 11) is -1.30. The van der Waals surface area contributed by atoms with Crippen LogP contribution >= 0.6 is 0 Å². The van der Waals surface area contributed by atoms with E-state index >= 15 is 0 Å². The van der Waals surface area contributed by atoms with Crippen LogP contribution in [0.4, 0.5) is 0 Å². The second kappa shape index (κ2) is 6.25. The Morgan fingerprint density at radius 2 is 1.64 bits per heavy atom. The minimum absolute atomic E-state index is 1.00. The van der Waals surface area contributed by atoms with E-state index in [2.05, 4.69) is 78.6 Å². The van der Waals surface area contributed by atoms with E-state index < -0.39 is 8.07 Å². The highest BCUT2D eigenvalue weighted by Crippen LogP contribution is 2.22. The first-order valence-electron chi connectivity index (χ1n) is 8.55. The molecule has 0 radical (unpaired) electrons. The van der Waals surface area contributed by atoms with Crippen LogP contribution in [0.2, 0.25) is 18.1 Å². The first kappa shape index (κ1) is 15.3. The van der Waals surface area contributed by atoms with Crippen molar-refractivity contribution in [2.24, 2.45) is 0 Å². The van der Waals surface area contributed by atoms with Gasteiger partial charge in [-0.25, -0.2) is 4.58 Å². The summed E-state index contributed by atoms with van der Waals surface area (Å²) in [6.45, 7) is 9.18. The van der Waals surface area contributed by atoms with Crippen molar-refractivity contribution < 1.29 is 4.58 Å². The molecule has 0 aliphatic carbocycles. The maximum Gasteiger partial charge on any atom is 0.222 e. The number of rotatable bonds is 6. The topological polar surface area (TPSA) is 7.94 Å². The van der Waals surface area contributed by atoms with Crippen LogP contribution in [0.1, 0.15) is 32.0 Å². The normalized spacial score (nSPS) is 14.0. The summed E-state index contributed by atoms with van der Waals surface area (Å²) in [5.74, 6) is 0. The fourth-order valence-electron chi connectivity index (χ4n) is 3.83. The zero-order valence-electron chi connectivity index (χ0n) is 14.0. The first-order chi connectivity index (χ1) is 10.7. The summed E-state index contributed by atoms with van der Waals surface area (Å²) in [4.78, 5) is 0. The lowest BCUT2D eigenvalue weighted by atomic mass is 10.2. The van der Waals surface area contributed by atoms with Crippen molar-refractivity contribution >= 4 is 19.6 Å². The molecule has 0 saturated carbocycles. The monoisotopic (exact) mass is 311 g/mol. The molecule has 0 unspecified atom stereocenters. The average Bonchev–Trinajstić information content (AvgIpc) is 3.12. The van der Waals surface area contributed by atoms with Crippen LogP contribution in [0.25, 0.3) is 0 Å². The summed E-state index contributed by atoms with van der Waals surface area (Å²) >= 11 is 0. The molecule has 0 spiro atoms. The van der Waals surface area contributed by atoms with Gasteiger partial charge in [-0.1, -0.05) is 69.2 Å². The van der Waals surface area contributed by atoms with Gasteiger partial charge in [0.15, 0.2) is 12.8 Å². The zero-order chi connectivity index (χ0) is 15.6. The predicted octanol–water partition coefficient (Wildman–Crippen LogP) is 3.81. The van der Waals surface area contributed by atoms with Crippen LogP contribution in [-0.4, -0.2) is 23.4 Å². The van der Waals surface area contributed by atoms with Gasteiger partial charge in [-0.2, -0.15) is 0 Å². The highest BCUT2D eigenvalue weighted by atomic mass is 28.3. The van der Waals surface area contributed by atoms with Gasteiger partial charge in [0, 0.05) is 10.9 Å². The van der Waals surface area contributed by atoms with Crippen LogP contribution in [0.5, 0.6) is 0 Å². The molecular formula is C19H27N2Si+. The standard InChI is InChI=1S/C19H27N2Si/c1-4-22(5-2,6-3)19-13-12-18-15-20(16-21(18)19)14-17-10-8-7-9-11-17/h7-13,15H,4-6,14,16H2,1-3H3/q+1. The molecule has 0 amide bonds. The molecule has 2 heterocycles. The fraction of sp³-hybridized carbons (Fsp3) is 0.421. The van der Waals surface area contributed by atoms with E-state index in [-0.39, 0.29) is 0 Å². The van der Waals surface area contributed by atoms with Gasteiger partial charge in [-0.05, 0) is 12.1 Å². The molecule has 2 nitrogen and oxygen atoms in total. The Labute approximate surface area is 135 Å². The minimum atomic E-state index is -1.30. The van der Waals surface area contributed by atoms with Crippen molar-refractivity contribution in [2.45, 2.75) is 52.1 Å². The molecule has 22 heavy (non-hydrogen) atoms. The summed E-state index contributed by atoms with van der Waals surface area (Å²) in [6, 6.07) is 19.5. The van der Waals surface area contributed by atoms with Gasteiger partial charge in [0.05, 0.1) is 0 Å². The number of fused-ring (bicyclic) bond motifs is 1. The number of benzene rings is 1. The van der Waals surface area contributed by atoms with Crippen LogP contribution in [0.15, 0.2) is 42.5 Å². The number of hydrogen-bond donors (Lipinski definition) is 0. The summed E-state index contributed by atoms with van der Waals surface area (Å²) in [5.41, 5.74) is 2.77. The Morgan fingerprint density at radius 3 is 2.27 bits per heavy atom. The van der Waals surface area contributed by atoms with Crippen LogP contribution in [0.3, 0.4) is 0 Å². The van der Waals surface area contributed by atoms with Crippen LogP contribution in [-0.2, 0) is 13.2 Å². The Bertz CT molecular complexity index is 658. The lowest BCUT2D eigenvalue weighted by molar-refractivity contribution is -0.563. The van der Waals surface area contributed by atoms with E-state index in [1.807, 2.05) is 0 Å². The van der Waals surface area contributed by atoms with Crippen molar-refractivity contribution in [1.29, 1.82) is 0 Å². The molecule has 3 rings (SSSR count). The van der Waals surface area contributed by atoms with E-state index in [1.54, 1.807) is 5.32 Å². The largest absolute Gasteiger partial charge is 0.288 e. The second-order valence-electron chi connectivity index (χ2n) is 6.42. The van der Waals surface area contributed by atoms with Crippen LogP contribution in [0, 0.1) is 0 Å². The maximum absolute atomic E-state index is 2.58. The molecule has 0 N–H and O–H groups in total. The highest BCUT2D eigenvalue weighted by Gasteiger charge is 2.35. The van der Waals surface area contributed by atoms with Crippen LogP contribution < -0.4 is 5.32 Å². The molecular weight excluding hydrogens is 284 g/mol. The molecule has 2 aromatic rings. The molecule has 0 saturated heterocycles. The predicted molar refractivity (Wildman–Crippen MR) is 96.8 cm³/mol. The third-order valence-corrected chi connectivity index (χ3v) is 11.0. The number of aromatic nitrogens is 1. The van der Waals surface area contributed by atoms with Gasteiger partial charge in [0.2, 0.25) is 6.67 Å². The van der Waals surface area contributed by atoms with E-state index in [0.717, 1.165) is 13.2 Å². The quantitative estimate of drug-likeness (QED) is 0.566. The molecule has 0 fully saturated rings. The molecule has 0 atom stereocenters. The molecule has 1 aliphatic heterocycles. The third kappa shape index (κ3) is 2.58. The van der Waals surface area contributed by atoms with Gasteiger partial charge in [-0.15, -0.1) is 0 Å². The first-order valence-corrected chi connectivity index (χ1v) is 11.2. The van der Waals surface area contributed by atoms with Gasteiger partial charge in [-0.3, -0.25) is 4.57 Å². The zero-order valence-corrected chi connectivity index (χ0v) is 15.0. The van der Waals surface area contributed by atoms with Crippen molar-refractivity contribution in [3.63, 3.8) is 0 Å². The van der Waals surface area contributed by atoms with E-state index in [0.29, 0.717) is 0 Å². The molecule has 1 aromatic carbocycles. The fourth-order valence-corrected chi connectivity index (χ4v) is 7.63. The SMILES string of the molecule is CC[Si](CC)(CC)c1ccc2n1C[N+](Cc1ccccc1)=C2. The van der Waals surface area contributed by atoms with Gasteiger partial charge < -0.3 is 0 Å². The molecule has 1 aliphatic rings. The van der Waals surface area contributed by atoms with Gasteiger partial charge in [0.25, 0.3) is 0 Å². The van der Waals surface area contributed by atoms with Crippen molar-refractivity contribution in [1.82, 2.24) is 4.57 Å². The van der Waals surface area contributed by atoms with E-state index in [9.17, 15) is 0 Å². The second-order valence-corrected chi connectivity index (χ2v) is 11.6. The average molecular weight is 312 g/mol. The lowest BCUT2D eigenvalue weighted by Crippen LogP contribution is -2.49. The third-order valence-electron chi connectivity index (χ3n) is 5.45.